The predicted molar refractivity (Wildman–Crippen MR) is 70.8 cm³/mol. The van der Waals surface area contributed by atoms with Crippen molar-refractivity contribution in [2.45, 2.75) is 57.5 Å². The molecular weight excluding hydrogens is 214 g/mol. The van der Waals surface area contributed by atoms with Gasteiger partial charge in [0.05, 0.1) is 5.54 Å². The first-order chi connectivity index (χ1) is 7.96. The number of amides is 1. The Balaban J connectivity index is 2.02. The first-order valence-electron chi connectivity index (χ1n) is 6.73. The van der Waals surface area contributed by atoms with E-state index in [2.05, 4.69) is 31.1 Å². The zero-order chi connectivity index (χ0) is 12.9. The highest BCUT2D eigenvalue weighted by molar-refractivity contribution is 5.86. The van der Waals surface area contributed by atoms with Crippen LogP contribution in [0.1, 0.15) is 46.0 Å². The molecule has 0 radical (unpaired) electrons. The molecule has 0 aromatic rings. The smallest absolute Gasteiger partial charge is 0.240 e. The van der Waals surface area contributed by atoms with Gasteiger partial charge in [0, 0.05) is 12.6 Å². The summed E-state index contributed by atoms with van der Waals surface area (Å²) in [6.45, 7) is 6.22. The number of hydrogen-bond acceptors (Lipinski definition) is 3. The second-order valence-electron chi connectivity index (χ2n) is 5.55. The standard InChI is InChI=1S/C13H27N3O/c1-11(2)16(3)10-5-4-9-15-12(17)13(14)7-6-8-13/h11H,4-10,14H2,1-3H3,(H,15,17). The average molecular weight is 241 g/mol. The highest BCUT2D eigenvalue weighted by atomic mass is 16.2. The summed E-state index contributed by atoms with van der Waals surface area (Å²) in [5, 5.41) is 2.95. The van der Waals surface area contributed by atoms with Crippen molar-refractivity contribution in [3.05, 3.63) is 0 Å². The third-order valence-corrected chi connectivity index (χ3v) is 3.80. The van der Waals surface area contributed by atoms with Crippen LogP contribution in [-0.2, 0) is 4.79 Å². The molecule has 0 aromatic carbocycles. The van der Waals surface area contributed by atoms with E-state index in [-0.39, 0.29) is 5.91 Å². The van der Waals surface area contributed by atoms with E-state index < -0.39 is 5.54 Å². The van der Waals surface area contributed by atoms with Gasteiger partial charge in [-0.05, 0) is 59.5 Å². The number of hydrogen-bond donors (Lipinski definition) is 2. The zero-order valence-electron chi connectivity index (χ0n) is 11.5. The van der Waals surface area contributed by atoms with E-state index >= 15 is 0 Å². The molecule has 0 unspecified atom stereocenters. The van der Waals surface area contributed by atoms with Gasteiger partial charge in [-0.15, -0.1) is 0 Å². The van der Waals surface area contributed by atoms with Gasteiger partial charge >= 0.3 is 0 Å². The van der Waals surface area contributed by atoms with Gasteiger partial charge in [0.15, 0.2) is 0 Å². The van der Waals surface area contributed by atoms with E-state index in [0.717, 1.165) is 45.2 Å². The molecule has 3 N–H and O–H groups in total. The molecule has 100 valence electrons. The molecule has 0 bridgehead atoms. The Morgan fingerprint density at radius 2 is 2.06 bits per heavy atom. The fourth-order valence-corrected chi connectivity index (χ4v) is 1.91. The maximum atomic E-state index is 11.7. The molecule has 0 saturated heterocycles. The summed E-state index contributed by atoms with van der Waals surface area (Å²) in [6.07, 6.45) is 4.92. The number of carbonyl (C=O) groups excluding carboxylic acids is 1. The van der Waals surface area contributed by atoms with Gasteiger partial charge < -0.3 is 16.0 Å². The van der Waals surface area contributed by atoms with Gasteiger partial charge in [0.1, 0.15) is 0 Å². The summed E-state index contributed by atoms with van der Waals surface area (Å²) in [7, 11) is 2.13. The summed E-state index contributed by atoms with van der Waals surface area (Å²) < 4.78 is 0. The molecule has 17 heavy (non-hydrogen) atoms. The van der Waals surface area contributed by atoms with Crippen molar-refractivity contribution in [1.82, 2.24) is 10.2 Å². The van der Waals surface area contributed by atoms with Crippen LogP contribution in [0.3, 0.4) is 0 Å². The molecule has 0 heterocycles. The van der Waals surface area contributed by atoms with Gasteiger partial charge in [-0.1, -0.05) is 0 Å². The minimum Gasteiger partial charge on any atom is -0.355 e. The summed E-state index contributed by atoms with van der Waals surface area (Å²) >= 11 is 0. The topological polar surface area (TPSA) is 58.4 Å². The van der Waals surface area contributed by atoms with Gasteiger partial charge in [0.25, 0.3) is 0 Å². The maximum absolute atomic E-state index is 11.7. The lowest BCUT2D eigenvalue weighted by Gasteiger charge is -2.36. The van der Waals surface area contributed by atoms with Crippen molar-refractivity contribution in [1.29, 1.82) is 0 Å². The summed E-state index contributed by atoms with van der Waals surface area (Å²) in [4.78, 5) is 14.0. The fourth-order valence-electron chi connectivity index (χ4n) is 1.91. The molecule has 4 nitrogen and oxygen atoms in total. The van der Waals surface area contributed by atoms with Gasteiger partial charge in [-0.2, -0.15) is 0 Å². The Hall–Kier alpha value is -0.610. The van der Waals surface area contributed by atoms with Crippen LogP contribution in [0.15, 0.2) is 0 Å². The van der Waals surface area contributed by atoms with Crippen LogP contribution in [0.4, 0.5) is 0 Å². The van der Waals surface area contributed by atoms with Gasteiger partial charge in [0.2, 0.25) is 5.91 Å². The average Bonchev–Trinajstić information content (AvgIpc) is 2.24. The molecule has 1 rings (SSSR count). The number of nitrogens with zero attached hydrogens (tertiary/aromatic N) is 1. The largest absolute Gasteiger partial charge is 0.355 e. The molecule has 0 atom stereocenters. The quantitative estimate of drug-likeness (QED) is 0.656. The molecule has 0 aliphatic heterocycles. The molecule has 1 fully saturated rings. The van der Waals surface area contributed by atoms with E-state index in [1.165, 1.54) is 0 Å². The van der Waals surface area contributed by atoms with Crippen LogP contribution in [0.5, 0.6) is 0 Å². The minimum absolute atomic E-state index is 0.0426. The second kappa shape index (κ2) is 6.36. The predicted octanol–water partition coefficient (Wildman–Crippen LogP) is 1.10. The maximum Gasteiger partial charge on any atom is 0.240 e. The zero-order valence-corrected chi connectivity index (χ0v) is 11.5. The Morgan fingerprint density at radius 3 is 2.53 bits per heavy atom. The Bertz CT molecular complexity index is 249. The van der Waals surface area contributed by atoms with Crippen molar-refractivity contribution in [3.8, 4) is 0 Å². The molecule has 1 saturated carbocycles. The second-order valence-corrected chi connectivity index (χ2v) is 5.55. The lowest BCUT2D eigenvalue weighted by Crippen LogP contribution is -2.58. The third-order valence-electron chi connectivity index (χ3n) is 3.80. The molecule has 4 heteroatoms. The highest BCUT2D eigenvalue weighted by Crippen LogP contribution is 2.28. The summed E-state index contributed by atoms with van der Waals surface area (Å²) in [5.74, 6) is 0.0426. The van der Waals surface area contributed by atoms with Crippen molar-refractivity contribution in [3.63, 3.8) is 0 Å². The van der Waals surface area contributed by atoms with Crippen LogP contribution in [0, 0.1) is 0 Å². The molecule has 0 aromatic heterocycles. The Morgan fingerprint density at radius 1 is 1.41 bits per heavy atom. The van der Waals surface area contributed by atoms with E-state index in [1.54, 1.807) is 0 Å². The van der Waals surface area contributed by atoms with Crippen molar-refractivity contribution >= 4 is 5.91 Å². The molecular formula is C13H27N3O. The van der Waals surface area contributed by atoms with Crippen LogP contribution in [-0.4, -0.2) is 42.5 Å². The summed E-state index contributed by atoms with van der Waals surface area (Å²) in [6, 6.07) is 0.590. The highest BCUT2D eigenvalue weighted by Gasteiger charge is 2.39. The van der Waals surface area contributed by atoms with E-state index in [1.807, 2.05) is 0 Å². The van der Waals surface area contributed by atoms with Crippen LogP contribution in [0.25, 0.3) is 0 Å². The lowest BCUT2D eigenvalue weighted by molar-refractivity contribution is -0.129. The number of carbonyl (C=O) groups is 1. The first kappa shape index (κ1) is 14.5. The van der Waals surface area contributed by atoms with E-state index in [0.29, 0.717) is 6.04 Å². The number of nitrogens with two attached hydrogens (primary N) is 1. The number of unbranched alkanes of at least 4 members (excludes halogenated alkanes) is 1. The minimum atomic E-state index is -0.547. The van der Waals surface area contributed by atoms with Crippen LogP contribution in [0.2, 0.25) is 0 Å². The van der Waals surface area contributed by atoms with Crippen LogP contribution < -0.4 is 11.1 Å². The Kier molecular flexibility index (Phi) is 5.40. The van der Waals surface area contributed by atoms with Crippen molar-refractivity contribution in [2.24, 2.45) is 5.73 Å². The van der Waals surface area contributed by atoms with Crippen LogP contribution >= 0.6 is 0 Å². The molecule has 0 spiro atoms. The normalized spacial score (nSPS) is 18.2. The Labute approximate surface area is 105 Å². The van der Waals surface area contributed by atoms with Crippen molar-refractivity contribution < 1.29 is 4.79 Å². The SMILES string of the molecule is CC(C)N(C)CCCCNC(=O)C1(N)CCC1. The van der Waals surface area contributed by atoms with Gasteiger partial charge in [-0.3, -0.25) is 4.79 Å². The molecule has 1 aliphatic rings. The van der Waals surface area contributed by atoms with E-state index in [9.17, 15) is 4.79 Å². The third kappa shape index (κ3) is 4.28. The van der Waals surface area contributed by atoms with E-state index in [4.69, 9.17) is 5.73 Å². The lowest BCUT2D eigenvalue weighted by atomic mass is 9.77. The molecule has 1 aliphatic carbocycles. The number of nitrogens with one attached hydrogen (secondary N) is 1. The molecule has 1 amide bonds. The first-order valence-corrected chi connectivity index (χ1v) is 6.73. The van der Waals surface area contributed by atoms with Crippen molar-refractivity contribution in [2.75, 3.05) is 20.1 Å². The fraction of sp³-hybridized carbons (Fsp3) is 0.923. The van der Waals surface area contributed by atoms with Gasteiger partial charge in [-0.25, -0.2) is 0 Å². The monoisotopic (exact) mass is 241 g/mol. The summed E-state index contributed by atoms with van der Waals surface area (Å²) in [5.41, 5.74) is 5.38. The number of rotatable bonds is 7.